The van der Waals surface area contributed by atoms with Crippen molar-refractivity contribution in [1.29, 1.82) is 0 Å². The van der Waals surface area contributed by atoms with Crippen LogP contribution in [-0.2, 0) is 4.74 Å². The van der Waals surface area contributed by atoms with Crippen LogP contribution in [0.5, 0.6) is 0 Å². The zero-order chi connectivity index (χ0) is 23.4. The molecule has 1 fully saturated rings. The van der Waals surface area contributed by atoms with E-state index < -0.39 is 24.5 Å². The molecule has 1 saturated heterocycles. The summed E-state index contributed by atoms with van der Waals surface area (Å²) in [4.78, 5) is 16.6. The lowest BCUT2D eigenvalue weighted by Gasteiger charge is -2.16. The Morgan fingerprint density at radius 3 is 2.94 bits per heavy atom. The fourth-order valence-electron chi connectivity index (χ4n) is 3.47. The van der Waals surface area contributed by atoms with E-state index in [1.165, 1.54) is 12.7 Å². The van der Waals surface area contributed by atoms with E-state index in [2.05, 4.69) is 41.2 Å². The number of guanidine groups is 1. The van der Waals surface area contributed by atoms with Gasteiger partial charge >= 0.3 is 0 Å². The smallest absolute Gasteiger partial charge is 0.193 e. The first-order valence-corrected chi connectivity index (χ1v) is 12.2. The van der Waals surface area contributed by atoms with Crippen molar-refractivity contribution in [1.82, 2.24) is 19.5 Å². The van der Waals surface area contributed by atoms with E-state index in [1.807, 2.05) is 24.3 Å². The molecule has 7 N–H and O–H groups in total. The Bertz CT molecular complexity index is 1130. The predicted molar refractivity (Wildman–Crippen MR) is 132 cm³/mol. The molecule has 2 aromatic heterocycles. The fraction of sp³-hybridized carbons (Fsp3) is 0.400. The Kier molecular flexibility index (Phi) is 7.65. The van der Waals surface area contributed by atoms with Crippen molar-refractivity contribution in [3.63, 3.8) is 0 Å². The number of hydrogen-bond donors (Lipinski definition) is 5. The minimum atomic E-state index is -1.11. The quantitative estimate of drug-likeness (QED) is 0.161. The first kappa shape index (κ1) is 23.7. The number of nitrogen functional groups attached to an aromatic ring is 1. The summed E-state index contributed by atoms with van der Waals surface area (Å²) in [5.74, 6) is 1.93. The Balaban J connectivity index is 1.23. The number of benzene rings is 1. The van der Waals surface area contributed by atoms with Gasteiger partial charge in [0.05, 0.1) is 12.4 Å². The van der Waals surface area contributed by atoms with Crippen LogP contribution in [0, 0.1) is 0 Å². The second-order valence-electron chi connectivity index (χ2n) is 7.46. The highest BCUT2D eigenvalue weighted by Crippen LogP contribution is 2.33. The molecule has 1 aromatic carbocycles. The van der Waals surface area contributed by atoms with Crippen molar-refractivity contribution in [3.05, 3.63) is 41.4 Å². The molecule has 3 heterocycles. The second kappa shape index (κ2) is 10.7. The van der Waals surface area contributed by atoms with Gasteiger partial charge in [0.25, 0.3) is 0 Å². The largest absolute Gasteiger partial charge is 0.387 e. The molecule has 0 radical (unpaired) electrons. The number of rotatable bonds is 8. The molecule has 4 atom stereocenters. The third kappa shape index (κ3) is 5.55. The summed E-state index contributed by atoms with van der Waals surface area (Å²) < 4.78 is 8.47. The van der Waals surface area contributed by atoms with Crippen molar-refractivity contribution in [2.45, 2.75) is 31.0 Å². The van der Waals surface area contributed by atoms with E-state index >= 15 is 0 Å². The first-order valence-electron chi connectivity index (χ1n) is 10.3. The summed E-state index contributed by atoms with van der Waals surface area (Å²) in [6.07, 6.45) is 0.139. The van der Waals surface area contributed by atoms with Crippen LogP contribution in [0.4, 0.5) is 11.5 Å². The van der Waals surface area contributed by atoms with Crippen LogP contribution in [0.1, 0.15) is 12.6 Å². The average Bonchev–Trinajstić information content (AvgIpc) is 3.33. The standard InChI is InChI=1S/C20H25BrN8O3S/c21-11-3-1-4-12(7-11)28-20(23)24-5-2-6-33-8-13-15(30)16(31)19(32-13)29-10-27-14-17(22)25-9-26-18(14)29/h1,3-4,7,9-10,13,15-16,19,30-31H,2,5-6,8H2,(H2,22,25,26)(H3,23,24,28)/t13-,15-,16-,19-/m1/s1. The lowest BCUT2D eigenvalue weighted by atomic mass is 10.1. The van der Waals surface area contributed by atoms with Crippen LogP contribution in [0.2, 0.25) is 0 Å². The molecule has 0 unspecified atom stereocenters. The van der Waals surface area contributed by atoms with Gasteiger partial charge in [-0.15, -0.1) is 0 Å². The Labute approximate surface area is 202 Å². The Morgan fingerprint density at radius 2 is 2.12 bits per heavy atom. The first-order chi connectivity index (χ1) is 15.9. The number of fused-ring (bicyclic) bond motifs is 1. The van der Waals surface area contributed by atoms with Gasteiger partial charge in [-0.05, 0) is 30.4 Å². The van der Waals surface area contributed by atoms with E-state index in [4.69, 9.17) is 16.2 Å². The van der Waals surface area contributed by atoms with E-state index in [9.17, 15) is 10.2 Å². The number of nitrogens with one attached hydrogen (secondary N) is 1. The molecule has 33 heavy (non-hydrogen) atoms. The van der Waals surface area contributed by atoms with Gasteiger partial charge in [0, 0.05) is 22.5 Å². The number of nitrogens with zero attached hydrogens (tertiary/aromatic N) is 5. The van der Waals surface area contributed by atoms with Gasteiger partial charge in [0.15, 0.2) is 23.7 Å². The van der Waals surface area contributed by atoms with Crippen LogP contribution < -0.4 is 16.8 Å². The van der Waals surface area contributed by atoms with Gasteiger partial charge in [-0.2, -0.15) is 11.8 Å². The highest BCUT2D eigenvalue weighted by molar-refractivity contribution is 9.10. The minimum Gasteiger partial charge on any atom is -0.387 e. The van der Waals surface area contributed by atoms with Gasteiger partial charge in [-0.1, -0.05) is 22.0 Å². The van der Waals surface area contributed by atoms with Crippen molar-refractivity contribution in [2.75, 3.05) is 29.1 Å². The zero-order valence-corrected chi connectivity index (χ0v) is 20.0. The van der Waals surface area contributed by atoms with Crippen molar-refractivity contribution < 1.29 is 14.9 Å². The zero-order valence-electron chi connectivity index (χ0n) is 17.6. The van der Waals surface area contributed by atoms with Crippen LogP contribution in [0.25, 0.3) is 11.2 Å². The van der Waals surface area contributed by atoms with E-state index in [1.54, 1.807) is 16.3 Å². The number of aliphatic hydroxyl groups is 2. The predicted octanol–water partition coefficient (Wildman–Crippen LogP) is 1.34. The van der Waals surface area contributed by atoms with Gasteiger partial charge in [0.2, 0.25) is 0 Å². The summed E-state index contributed by atoms with van der Waals surface area (Å²) in [7, 11) is 0. The monoisotopic (exact) mass is 536 g/mol. The lowest BCUT2D eigenvalue weighted by molar-refractivity contribution is -0.0289. The summed E-state index contributed by atoms with van der Waals surface area (Å²) in [6, 6.07) is 7.67. The average molecular weight is 537 g/mol. The van der Waals surface area contributed by atoms with E-state index in [0.717, 1.165) is 22.3 Å². The maximum Gasteiger partial charge on any atom is 0.193 e. The minimum absolute atomic E-state index is 0.244. The summed E-state index contributed by atoms with van der Waals surface area (Å²) in [5, 5.41) is 24.0. The number of nitrogens with two attached hydrogens (primary N) is 2. The lowest BCUT2D eigenvalue weighted by Crippen LogP contribution is -2.32. The summed E-state index contributed by atoms with van der Waals surface area (Å²) in [6.45, 7) is 0.571. The molecule has 0 aliphatic carbocycles. The molecule has 4 rings (SSSR count). The molecule has 0 saturated carbocycles. The Morgan fingerprint density at radius 1 is 1.27 bits per heavy atom. The van der Waals surface area contributed by atoms with Gasteiger partial charge in [-0.3, -0.25) is 9.56 Å². The van der Waals surface area contributed by atoms with Crippen molar-refractivity contribution >= 4 is 56.3 Å². The third-order valence-corrected chi connectivity index (χ3v) is 6.74. The number of aromatic nitrogens is 4. The second-order valence-corrected chi connectivity index (χ2v) is 9.53. The maximum absolute atomic E-state index is 10.5. The number of anilines is 2. The molecule has 3 aromatic rings. The molecule has 176 valence electrons. The number of thioether (sulfide) groups is 1. The van der Waals surface area contributed by atoms with Crippen LogP contribution in [-0.4, -0.2) is 72.1 Å². The van der Waals surface area contributed by atoms with Gasteiger partial charge < -0.3 is 31.7 Å². The molecule has 1 aliphatic heterocycles. The number of aliphatic imine (C=N–C) groups is 1. The van der Waals surface area contributed by atoms with Crippen LogP contribution in [0.3, 0.4) is 0 Å². The fourth-order valence-corrected chi connectivity index (χ4v) is 4.88. The molecule has 0 amide bonds. The van der Waals surface area contributed by atoms with Gasteiger partial charge in [0.1, 0.15) is 24.1 Å². The normalized spacial score (nSPS) is 23.3. The van der Waals surface area contributed by atoms with Crippen LogP contribution in [0.15, 0.2) is 46.4 Å². The number of hydrogen-bond acceptors (Lipinski definition) is 9. The molecule has 0 bridgehead atoms. The highest BCUT2D eigenvalue weighted by atomic mass is 79.9. The summed E-state index contributed by atoms with van der Waals surface area (Å²) >= 11 is 5.03. The SMILES string of the molecule is NC(=NCCCSC[C@H]1O[C@@H](n2cnc3c(N)ncnc32)[C@H](O)[C@@H]1O)Nc1cccc(Br)c1. The topological polar surface area (TPSA) is 170 Å². The van der Waals surface area contributed by atoms with E-state index in [-0.39, 0.29) is 5.82 Å². The molecule has 11 nitrogen and oxygen atoms in total. The van der Waals surface area contributed by atoms with Crippen molar-refractivity contribution in [2.24, 2.45) is 10.7 Å². The highest BCUT2D eigenvalue weighted by Gasteiger charge is 2.44. The third-order valence-electron chi connectivity index (χ3n) is 5.11. The number of aliphatic hydroxyl groups excluding tert-OH is 2. The number of halogens is 1. The molecule has 0 spiro atoms. The van der Waals surface area contributed by atoms with Crippen molar-refractivity contribution in [3.8, 4) is 0 Å². The molecular weight excluding hydrogens is 512 g/mol. The number of imidazole rings is 1. The maximum atomic E-state index is 10.5. The van der Waals surface area contributed by atoms with Crippen LogP contribution >= 0.6 is 27.7 Å². The molecule has 1 aliphatic rings. The Hall–Kier alpha value is -2.45. The van der Waals surface area contributed by atoms with E-state index in [0.29, 0.717) is 29.4 Å². The summed E-state index contributed by atoms with van der Waals surface area (Å²) in [5.41, 5.74) is 13.5. The molecule has 13 heteroatoms. The van der Waals surface area contributed by atoms with Gasteiger partial charge in [-0.25, -0.2) is 15.0 Å². The molecular formula is C20H25BrN8O3S. The number of ether oxygens (including phenoxy) is 1.